The van der Waals surface area contributed by atoms with Crippen molar-refractivity contribution in [1.29, 1.82) is 0 Å². The molecule has 7 heteroatoms. The molecule has 1 aromatic rings. The van der Waals surface area contributed by atoms with E-state index in [1.165, 1.54) is 25.7 Å². The van der Waals surface area contributed by atoms with Gasteiger partial charge in [0.2, 0.25) is 17.7 Å². The summed E-state index contributed by atoms with van der Waals surface area (Å²) in [4.78, 5) is 38.6. The van der Waals surface area contributed by atoms with Crippen LogP contribution in [0.3, 0.4) is 0 Å². The van der Waals surface area contributed by atoms with E-state index in [0.29, 0.717) is 37.6 Å². The van der Waals surface area contributed by atoms with Crippen molar-refractivity contribution in [3.63, 3.8) is 0 Å². The van der Waals surface area contributed by atoms with E-state index in [0.717, 1.165) is 12.0 Å². The van der Waals surface area contributed by atoms with E-state index in [1.54, 1.807) is 12.0 Å². The topological polar surface area (TPSA) is 87.7 Å². The van der Waals surface area contributed by atoms with Gasteiger partial charge in [0.05, 0.1) is 13.1 Å². The van der Waals surface area contributed by atoms with Gasteiger partial charge in [-0.3, -0.25) is 14.4 Å². The highest BCUT2D eigenvalue weighted by molar-refractivity contribution is 5.95. The fourth-order valence-corrected chi connectivity index (χ4v) is 3.73. The monoisotopic (exact) mass is 417 g/mol. The molecule has 1 aliphatic carbocycles. The number of carbonyl (C=O) groups is 3. The van der Waals surface area contributed by atoms with Crippen molar-refractivity contribution in [1.82, 2.24) is 10.2 Å². The molecule has 0 aromatic heterocycles. The van der Waals surface area contributed by atoms with Crippen molar-refractivity contribution < 1.29 is 19.1 Å². The van der Waals surface area contributed by atoms with E-state index in [2.05, 4.69) is 10.6 Å². The van der Waals surface area contributed by atoms with Crippen molar-refractivity contribution in [2.75, 3.05) is 38.7 Å². The van der Waals surface area contributed by atoms with E-state index in [9.17, 15) is 14.4 Å². The standard InChI is InChI=1S/C23H35N3O4/c1-18-8-11-20(12-9-18)25-21(27)16-24-22(28)17-26(14-5-15-30-2)23(29)13-10-19-6-3-4-7-19/h8-9,11-12,19H,3-7,10,13-17H2,1-2H3,(H,24,28)(H,25,27). The molecule has 0 bridgehead atoms. The minimum Gasteiger partial charge on any atom is -0.385 e. The summed E-state index contributed by atoms with van der Waals surface area (Å²) >= 11 is 0. The Morgan fingerprint density at radius 2 is 1.80 bits per heavy atom. The number of nitrogens with zero attached hydrogens (tertiary/aromatic N) is 1. The van der Waals surface area contributed by atoms with Gasteiger partial charge in [0.25, 0.3) is 0 Å². The van der Waals surface area contributed by atoms with Gasteiger partial charge in [0.15, 0.2) is 0 Å². The Bertz CT molecular complexity index is 684. The first-order valence-electron chi connectivity index (χ1n) is 10.9. The quantitative estimate of drug-likeness (QED) is 0.512. The second-order valence-electron chi connectivity index (χ2n) is 8.04. The average molecular weight is 418 g/mol. The van der Waals surface area contributed by atoms with Crippen LogP contribution in [0, 0.1) is 12.8 Å². The first-order valence-corrected chi connectivity index (χ1v) is 10.9. The number of benzene rings is 1. The molecule has 1 fully saturated rings. The predicted octanol–water partition coefficient (Wildman–Crippen LogP) is 2.89. The Morgan fingerprint density at radius 3 is 2.47 bits per heavy atom. The Kier molecular flexibility index (Phi) is 10.3. The van der Waals surface area contributed by atoms with Gasteiger partial charge in [-0.2, -0.15) is 0 Å². The fourth-order valence-electron chi connectivity index (χ4n) is 3.73. The normalized spacial score (nSPS) is 13.8. The number of nitrogens with one attached hydrogen (secondary N) is 2. The summed E-state index contributed by atoms with van der Waals surface area (Å²) in [5, 5.41) is 5.35. The third-order valence-electron chi connectivity index (χ3n) is 5.49. The zero-order valence-electron chi connectivity index (χ0n) is 18.2. The Hall–Kier alpha value is -2.41. The molecule has 0 atom stereocenters. The molecular formula is C23H35N3O4. The maximum absolute atomic E-state index is 12.7. The lowest BCUT2D eigenvalue weighted by Gasteiger charge is -2.23. The molecule has 1 aliphatic rings. The summed E-state index contributed by atoms with van der Waals surface area (Å²) in [6, 6.07) is 7.44. The molecule has 2 rings (SSSR count). The Labute approximate surface area is 179 Å². The molecule has 0 unspecified atom stereocenters. The van der Waals surface area contributed by atoms with Crippen molar-refractivity contribution in [2.45, 2.75) is 51.9 Å². The summed E-state index contributed by atoms with van der Waals surface area (Å²) in [5.74, 6) is -0.00211. The average Bonchev–Trinajstić information content (AvgIpc) is 3.25. The van der Waals surface area contributed by atoms with Gasteiger partial charge < -0.3 is 20.3 Å². The van der Waals surface area contributed by atoms with Crippen LogP contribution in [0.2, 0.25) is 0 Å². The molecular weight excluding hydrogens is 382 g/mol. The Morgan fingerprint density at radius 1 is 1.10 bits per heavy atom. The van der Waals surface area contributed by atoms with Crippen molar-refractivity contribution >= 4 is 23.4 Å². The van der Waals surface area contributed by atoms with Crippen LogP contribution < -0.4 is 10.6 Å². The van der Waals surface area contributed by atoms with Crippen LogP contribution >= 0.6 is 0 Å². The molecule has 0 saturated heterocycles. The molecule has 3 amide bonds. The zero-order chi connectivity index (χ0) is 21.8. The van der Waals surface area contributed by atoms with Gasteiger partial charge in [-0.1, -0.05) is 43.4 Å². The number of carbonyl (C=O) groups excluding carboxylic acids is 3. The number of methoxy groups -OCH3 is 1. The fraction of sp³-hybridized carbons (Fsp3) is 0.609. The van der Waals surface area contributed by atoms with Crippen LogP contribution in [0.4, 0.5) is 5.69 Å². The molecule has 0 aliphatic heterocycles. The zero-order valence-corrected chi connectivity index (χ0v) is 18.2. The first kappa shape index (κ1) is 23.9. The van der Waals surface area contributed by atoms with E-state index >= 15 is 0 Å². The molecule has 1 saturated carbocycles. The van der Waals surface area contributed by atoms with Crippen molar-refractivity contribution in [3.05, 3.63) is 29.8 Å². The number of rotatable bonds is 12. The van der Waals surface area contributed by atoms with E-state index < -0.39 is 0 Å². The molecule has 1 aromatic carbocycles. The number of ether oxygens (including phenoxy) is 1. The number of hydrogen-bond donors (Lipinski definition) is 2. The number of anilines is 1. The smallest absolute Gasteiger partial charge is 0.243 e. The van der Waals surface area contributed by atoms with Crippen LogP contribution in [-0.2, 0) is 19.1 Å². The Balaban J connectivity index is 1.77. The molecule has 30 heavy (non-hydrogen) atoms. The van der Waals surface area contributed by atoms with Gasteiger partial charge >= 0.3 is 0 Å². The second kappa shape index (κ2) is 13.0. The van der Waals surface area contributed by atoms with Crippen molar-refractivity contribution in [2.24, 2.45) is 5.92 Å². The van der Waals surface area contributed by atoms with Crippen LogP contribution in [0.15, 0.2) is 24.3 Å². The van der Waals surface area contributed by atoms with Gasteiger partial charge in [0, 0.05) is 32.4 Å². The molecule has 7 nitrogen and oxygen atoms in total. The highest BCUT2D eigenvalue weighted by Crippen LogP contribution is 2.28. The van der Waals surface area contributed by atoms with Gasteiger partial charge in [0.1, 0.15) is 0 Å². The molecule has 166 valence electrons. The third-order valence-corrected chi connectivity index (χ3v) is 5.49. The summed E-state index contributed by atoms with van der Waals surface area (Å²) in [6.45, 7) is 2.81. The van der Waals surface area contributed by atoms with Gasteiger partial charge in [-0.05, 0) is 37.8 Å². The van der Waals surface area contributed by atoms with Gasteiger partial charge in [-0.15, -0.1) is 0 Å². The minimum absolute atomic E-state index is 0.00254. The SMILES string of the molecule is COCCCN(CC(=O)NCC(=O)Nc1ccc(C)cc1)C(=O)CCC1CCCC1. The number of hydrogen-bond acceptors (Lipinski definition) is 4. The third kappa shape index (κ3) is 8.95. The van der Waals surface area contributed by atoms with Crippen LogP contribution in [-0.4, -0.2) is 56.0 Å². The summed E-state index contributed by atoms with van der Waals surface area (Å²) in [6.07, 6.45) is 6.94. The van der Waals surface area contributed by atoms with Crippen LogP contribution in [0.5, 0.6) is 0 Å². The first-order chi connectivity index (χ1) is 14.5. The highest BCUT2D eigenvalue weighted by Gasteiger charge is 2.21. The maximum Gasteiger partial charge on any atom is 0.243 e. The summed E-state index contributed by atoms with van der Waals surface area (Å²) in [7, 11) is 1.62. The molecule has 0 heterocycles. The largest absolute Gasteiger partial charge is 0.385 e. The molecule has 2 N–H and O–H groups in total. The molecule has 0 spiro atoms. The van der Waals surface area contributed by atoms with Crippen LogP contribution in [0.1, 0.15) is 50.5 Å². The second-order valence-corrected chi connectivity index (χ2v) is 8.04. The highest BCUT2D eigenvalue weighted by atomic mass is 16.5. The van der Waals surface area contributed by atoms with E-state index in [1.807, 2.05) is 31.2 Å². The number of aryl methyl sites for hydroxylation is 1. The summed E-state index contributed by atoms with van der Waals surface area (Å²) < 4.78 is 5.07. The lowest BCUT2D eigenvalue weighted by Crippen LogP contribution is -2.43. The van der Waals surface area contributed by atoms with Gasteiger partial charge in [-0.25, -0.2) is 0 Å². The predicted molar refractivity (Wildman–Crippen MR) is 117 cm³/mol. The molecule has 0 radical (unpaired) electrons. The van der Waals surface area contributed by atoms with Crippen molar-refractivity contribution in [3.8, 4) is 0 Å². The van der Waals surface area contributed by atoms with E-state index in [4.69, 9.17) is 4.74 Å². The summed E-state index contributed by atoms with van der Waals surface area (Å²) in [5.41, 5.74) is 1.79. The van der Waals surface area contributed by atoms with E-state index in [-0.39, 0.29) is 30.8 Å². The minimum atomic E-state index is -0.333. The maximum atomic E-state index is 12.7. The van der Waals surface area contributed by atoms with Crippen LogP contribution in [0.25, 0.3) is 0 Å². The lowest BCUT2D eigenvalue weighted by molar-refractivity contribution is -0.136. The lowest BCUT2D eigenvalue weighted by atomic mass is 10.0. The number of amides is 3.